The standard InChI is InChI=1S/C22H18F2N2O5/c1-29-18-4-2-3-16(19(18)31-22(23)24)20(27)25-15-5-6-17-13(11-15)7-9-26(17)21(28)14-8-10-30-12-14/h2-6,8,10-12,22H,7,9H2,1H3,(H,25,27). The van der Waals surface area contributed by atoms with Crippen molar-refractivity contribution < 1.29 is 32.3 Å². The zero-order valence-electron chi connectivity index (χ0n) is 16.4. The molecule has 1 aliphatic heterocycles. The lowest BCUT2D eigenvalue weighted by Crippen LogP contribution is -2.28. The first-order chi connectivity index (χ1) is 15.0. The fraction of sp³-hybridized carbons (Fsp3) is 0.182. The highest BCUT2D eigenvalue weighted by Crippen LogP contribution is 2.34. The molecule has 2 aromatic carbocycles. The molecule has 160 valence electrons. The Kier molecular flexibility index (Phi) is 5.57. The first-order valence-corrected chi connectivity index (χ1v) is 9.38. The molecular weight excluding hydrogens is 410 g/mol. The minimum Gasteiger partial charge on any atom is -0.493 e. The molecule has 0 spiro atoms. The Balaban J connectivity index is 1.55. The maximum Gasteiger partial charge on any atom is 0.387 e. The summed E-state index contributed by atoms with van der Waals surface area (Å²) >= 11 is 0. The number of amides is 2. The normalized spacial score (nSPS) is 12.6. The zero-order valence-corrected chi connectivity index (χ0v) is 16.4. The van der Waals surface area contributed by atoms with Crippen LogP contribution in [0.5, 0.6) is 11.5 Å². The van der Waals surface area contributed by atoms with E-state index >= 15 is 0 Å². The van der Waals surface area contributed by atoms with Gasteiger partial charge in [0.15, 0.2) is 11.5 Å². The van der Waals surface area contributed by atoms with Gasteiger partial charge in [-0.3, -0.25) is 9.59 Å². The highest BCUT2D eigenvalue weighted by molar-refractivity contribution is 6.08. The van der Waals surface area contributed by atoms with Crippen LogP contribution in [0.4, 0.5) is 20.2 Å². The van der Waals surface area contributed by atoms with Gasteiger partial charge in [0.2, 0.25) is 0 Å². The molecule has 1 aliphatic rings. The number of fused-ring (bicyclic) bond motifs is 1. The van der Waals surface area contributed by atoms with Gasteiger partial charge >= 0.3 is 6.61 Å². The lowest BCUT2D eigenvalue weighted by molar-refractivity contribution is -0.0515. The van der Waals surface area contributed by atoms with Crippen LogP contribution in [0.1, 0.15) is 26.3 Å². The van der Waals surface area contributed by atoms with Gasteiger partial charge in [0.25, 0.3) is 11.8 Å². The molecule has 0 saturated carbocycles. The number of benzene rings is 2. The van der Waals surface area contributed by atoms with Crippen molar-refractivity contribution in [3.8, 4) is 11.5 Å². The lowest BCUT2D eigenvalue weighted by Gasteiger charge is -2.17. The van der Waals surface area contributed by atoms with Crippen molar-refractivity contribution in [3.63, 3.8) is 0 Å². The van der Waals surface area contributed by atoms with Gasteiger partial charge in [0.1, 0.15) is 6.26 Å². The molecule has 1 aromatic heterocycles. The summed E-state index contributed by atoms with van der Waals surface area (Å²) in [5.74, 6) is -1.11. The molecule has 0 unspecified atom stereocenters. The zero-order chi connectivity index (χ0) is 22.0. The molecule has 2 heterocycles. The first-order valence-electron chi connectivity index (χ1n) is 9.38. The molecule has 31 heavy (non-hydrogen) atoms. The van der Waals surface area contributed by atoms with Crippen LogP contribution in [0.3, 0.4) is 0 Å². The van der Waals surface area contributed by atoms with Crippen molar-refractivity contribution >= 4 is 23.2 Å². The van der Waals surface area contributed by atoms with E-state index in [4.69, 9.17) is 9.15 Å². The summed E-state index contributed by atoms with van der Waals surface area (Å²) in [5.41, 5.74) is 2.45. The number of furan rings is 1. The topological polar surface area (TPSA) is 81.0 Å². The van der Waals surface area contributed by atoms with Crippen molar-refractivity contribution in [3.05, 3.63) is 71.7 Å². The van der Waals surface area contributed by atoms with Crippen molar-refractivity contribution in [1.82, 2.24) is 0 Å². The molecule has 1 N–H and O–H groups in total. The first kappa shape index (κ1) is 20.4. The second kappa shape index (κ2) is 8.47. The number of alkyl halides is 2. The van der Waals surface area contributed by atoms with Gasteiger partial charge in [-0.2, -0.15) is 8.78 Å². The van der Waals surface area contributed by atoms with E-state index in [0.717, 1.165) is 11.3 Å². The van der Waals surface area contributed by atoms with Crippen molar-refractivity contribution in [2.45, 2.75) is 13.0 Å². The van der Waals surface area contributed by atoms with E-state index in [9.17, 15) is 18.4 Å². The number of para-hydroxylation sites is 1. The molecule has 0 aliphatic carbocycles. The number of nitrogens with one attached hydrogen (secondary N) is 1. The minimum absolute atomic E-state index is 0.0234. The van der Waals surface area contributed by atoms with Crippen LogP contribution in [0, 0.1) is 0 Å². The number of anilines is 2. The van der Waals surface area contributed by atoms with Gasteiger partial charge < -0.3 is 24.1 Å². The van der Waals surface area contributed by atoms with Gasteiger partial charge in [0.05, 0.1) is 24.5 Å². The quantitative estimate of drug-likeness (QED) is 0.632. The van der Waals surface area contributed by atoms with Crippen molar-refractivity contribution in [1.29, 1.82) is 0 Å². The second-order valence-corrected chi connectivity index (χ2v) is 6.73. The molecule has 2 amide bonds. The van der Waals surface area contributed by atoms with Crippen LogP contribution in [0.15, 0.2) is 59.4 Å². The minimum atomic E-state index is -3.11. The molecule has 4 rings (SSSR count). The third kappa shape index (κ3) is 4.07. The average Bonchev–Trinajstić information content (AvgIpc) is 3.43. The smallest absolute Gasteiger partial charge is 0.387 e. The lowest BCUT2D eigenvalue weighted by atomic mass is 10.1. The maximum absolute atomic E-state index is 12.8. The number of carbonyl (C=O) groups is 2. The molecule has 9 heteroatoms. The highest BCUT2D eigenvalue weighted by Gasteiger charge is 2.27. The van der Waals surface area contributed by atoms with Crippen LogP contribution in [0.2, 0.25) is 0 Å². The predicted molar refractivity (Wildman–Crippen MR) is 108 cm³/mol. The Hall–Kier alpha value is -3.88. The summed E-state index contributed by atoms with van der Waals surface area (Å²) in [7, 11) is 1.30. The fourth-order valence-electron chi connectivity index (χ4n) is 3.50. The van der Waals surface area contributed by atoms with Gasteiger partial charge in [-0.15, -0.1) is 0 Å². The number of hydrogen-bond donors (Lipinski definition) is 1. The van der Waals surface area contributed by atoms with E-state index in [1.807, 2.05) is 0 Å². The van der Waals surface area contributed by atoms with E-state index in [-0.39, 0.29) is 23.0 Å². The molecule has 0 radical (unpaired) electrons. The van der Waals surface area contributed by atoms with Crippen LogP contribution in [-0.2, 0) is 6.42 Å². The summed E-state index contributed by atoms with van der Waals surface area (Å²) < 4.78 is 40.1. The third-order valence-electron chi connectivity index (χ3n) is 4.90. The van der Waals surface area contributed by atoms with Gasteiger partial charge in [0, 0.05) is 17.9 Å². The highest BCUT2D eigenvalue weighted by atomic mass is 19.3. The monoisotopic (exact) mass is 428 g/mol. The Morgan fingerprint density at radius 2 is 2.03 bits per heavy atom. The molecule has 7 nitrogen and oxygen atoms in total. The van der Waals surface area contributed by atoms with Gasteiger partial charge in [-0.1, -0.05) is 6.07 Å². The van der Waals surface area contributed by atoms with Gasteiger partial charge in [-0.25, -0.2) is 0 Å². The Labute approximate surface area is 176 Å². The number of methoxy groups -OCH3 is 1. The number of hydrogen-bond acceptors (Lipinski definition) is 5. The Morgan fingerprint density at radius 1 is 1.19 bits per heavy atom. The van der Waals surface area contributed by atoms with Crippen LogP contribution < -0.4 is 19.7 Å². The van der Waals surface area contributed by atoms with E-state index in [1.165, 1.54) is 37.8 Å². The molecule has 0 saturated heterocycles. The van der Waals surface area contributed by atoms with E-state index in [2.05, 4.69) is 10.1 Å². The largest absolute Gasteiger partial charge is 0.493 e. The predicted octanol–water partition coefficient (Wildman–Crippen LogP) is 4.34. The fourth-order valence-corrected chi connectivity index (χ4v) is 3.50. The molecule has 0 fully saturated rings. The number of ether oxygens (including phenoxy) is 2. The third-order valence-corrected chi connectivity index (χ3v) is 4.90. The van der Waals surface area contributed by atoms with E-state index in [0.29, 0.717) is 24.2 Å². The number of carbonyl (C=O) groups excluding carboxylic acids is 2. The van der Waals surface area contributed by atoms with Crippen LogP contribution in [-0.4, -0.2) is 32.1 Å². The summed E-state index contributed by atoms with van der Waals surface area (Å²) in [4.78, 5) is 27.0. The Morgan fingerprint density at radius 3 is 2.74 bits per heavy atom. The van der Waals surface area contributed by atoms with Crippen molar-refractivity contribution in [2.24, 2.45) is 0 Å². The average molecular weight is 428 g/mol. The number of rotatable bonds is 6. The summed E-state index contributed by atoms with van der Waals surface area (Å²) in [6, 6.07) is 11.0. The molecule has 3 aromatic rings. The summed E-state index contributed by atoms with van der Waals surface area (Å²) in [6.07, 6.45) is 3.44. The molecular formula is C22H18F2N2O5. The SMILES string of the molecule is COc1cccc(C(=O)Nc2ccc3c(c2)CCN3C(=O)c2ccoc2)c1OC(F)F. The summed E-state index contributed by atoms with van der Waals surface area (Å²) in [5, 5.41) is 2.69. The molecule has 0 atom stereocenters. The molecule has 0 bridgehead atoms. The Bertz CT molecular complexity index is 1120. The van der Waals surface area contributed by atoms with Crippen molar-refractivity contribution in [2.75, 3.05) is 23.9 Å². The van der Waals surface area contributed by atoms with Gasteiger partial charge in [-0.05, 0) is 48.4 Å². The van der Waals surface area contributed by atoms with Crippen LogP contribution in [0.25, 0.3) is 0 Å². The van der Waals surface area contributed by atoms with E-state index < -0.39 is 12.5 Å². The van der Waals surface area contributed by atoms with E-state index in [1.54, 1.807) is 29.2 Å². The van der Waals surface area contributed by atoms with Crippen LogP contribution >= 0.6 is 0 Å². The summed E-state index contributed by atoms with van der Waals surface area (Å²) in [6.45, 7) is -2.61. The number of halogens is 2. The second-order valence-electron chi connectivity index (χ2n) is 6.73. The maximum atomic E-state index is 12.8. The number of nitrogens with zero attached hydrogens (tertiary/aromatic N) is 1.